The number of carbonyl (C=O) groups excluding carboxylic acids is 1. The van der Waals surface area contributed by atoms with Crippen LogP contribution in [0.2, 0.25) is 0 Å². The molecule has 0 aliphatic carbocycles. The normalized spacial score (nSPS) is 21.4. The van der Waals surface area contributed by atoms with Gasteiger partial charge in [-0.2, -0.15) is 0 Å². The van der Waals surface area contributed by atoms with E-state index in [0.717, 1.165) is 12.1 Å². The Balaban J connectivity index is 2.10. The fourth-order valence-electron chi connectivity index (χ4n) is 2.28. The lowest BCUT2D eigenvalue weighted by Gasteiger charge is -2.37. The number of hydrogen-bond acceptors (Lipinski definition) is 3. The monoisotopic (exact) mass is 332 g/mol. The van der Waals surface area contributed by atoms with Crippen molar-refractivity contribution >= 4 is 11.7 Å². The number of amides is 2. The Morgan fingerprint density at radius 1 is 1.48 bits per heavy atom. The van der Waals surface area contributed by atoms with Crippen molar-refractivity contribution in [1.82, 2.24) is 4.90 Å². The third-order valence-electron chi connectivity index (χ3n) is 3.69. The predicted molar refractivity (Wildman–Crippen MR) is 78.5 cm³/mol. The van der Waals surface area contributed by atoms with Gasteiger partial charge in [0, 0.05) is 12.6 Å². The minimum atomic E-state index is -2.69. The molecule has 2 atom stereocenters. The molecule has 1 aliphatic heterocycles. The van der Waals surface area contributed by atoms with Crippen LogP contribution in [0.4, 0.5) is 23.7 Å². The zero-order valence-electron chi connectivity index (χ0n) is 12.9. The second kappa shape index (κ2) is 7.54. The van der Waals surface area contributed by atoms with E-state index < -0.39 is 24.9 Å². The molecule has 1 fully saturated rings. The number of morpholine rings is 1. The van der Waals surface area contributed by atoms with Crippen LogP contribution in [0.1, 0.15) is 13.8 Å². The highest BCUT2D eigenvalue weighted by atomic mass is 19.3. The average molecular weight is 332 g/mol. The van der Waals surface area contributed by atoms with Gasteiger partial charge >= 0.3 is 6.03 Å². The zero-order valence-corrected chi connectivity index (χ0v) is 12.9. The largest absolute Gasteiger partial charge is 0.485 e. The summed E-state index contributed by atoms with van der Waals surface area (Å²) in [6, 6.07) is 2.80. The highest BCUT2D eigenvalue weighted by Crippen LogP contribution is 2.27. The van der Waals surface area contributed by atoms with Crippen molar-refractivity contribution < 1.29 is 27.4 Å². The number of carbonyl (C=O) groups is 1. The lowest BCUT2D eigenvalue weighted by atomic mass is 10.1. The number of urea groups is 1. The van der Waals surface area contributed by atoms with Crippen LogP contribution in [-0.2, 0) is 4.74 Å². The summed E-state index contributed by atoms with van der Waals surface area (Å²) in [7, 11) is 0. The molecule has 0 spiro atoms. The van der Waals surface area contributed by atoms with E-state index in [9.17, 15) is 18.0 Å². The number of halogens is 3. The van der Waals surface area contributed by atoms with Gasteiger partial charge in [0.1, 0.15) is 18.2 Å². The number of nitrogens with zero attached hydrogens (tertiary/aromatic N) is 1. The van der Waals surface area contributed by atoms with Gasteiger partial charge in [-0.1, -0.05) is 0 Å². The molecular weight excluding hydrogens is 313 g/mol. The molecule has 2 amide bonds. The third kappa shape index (κ3) is 4.51. The van der Waals surface area contributed by atoms with Crippen LogP contribution in [-0.4, -0.2) is 49.3 Å². The lowest BCUT2D eigenvalue weighted by molar-refractivity contribution is -0.0355. The molecule has 8 heteroatoms. The molecule has 0 bridgehead atoms. The quantitative estimate of drug-likeness (QED) is 0.922. The van der Waals surface area contributed by atoms with Crippen LogP contribution in [0.25, 0.3) is 0 Å². The van der Waals surface area contributed by atoms with E-state index >= 15 is 0 Å². The average Bonchev–Trinajstić information content (AvgIpc) is 2.50. The Labute approximate surface area is 132 Å². The predicted octanol–water partition coefficient (Wildman–Crippen LogP) is 3.11. The van der Waals surface area contributed by atoms with Gasteiger partial charge in [0.2, 0.25) is 0 Å². The number of benzene rings is 1. The first-order valence-electron chi connectivity index (χ1n) is 7.28. The van der Waals surface area contributed by atoms with Gasteiger partial charge in [-0.15, -0.1) is 0 Å². The summed E-state index contributed by atoms with van der Waals surface area (Å²) < 4.78 is 48.1. The molecule has 0 saturated carbocycles. The lowest BCUT2D eigenvalue weighted by Crippen LogP contribution is -2.52. The van der Waals surface area contributed by atoms with Crippen molar-refractivity contribution in [3.05, 3.63) is 24.0 Å². The van der Waals surface area contributed by atoms with Crippen molar-refractivity contribution in [3.63, 3.8) is 0 Å². The second-order valence-electron chi connectivity index (χ2n) is 5.28. The number of hydrogen-bond donors (Lipinski definition) is 1. The maximum Gasteiger partial charge on any atom is 0.322 e. The molecule has 0 unspecified atom stereocenters. The molecule has 128 valence electrons. The van der Waals surface area contributed by atoms with Crippen LogP contribution in [0.3, 0.4) is 0 Å². The first-order chi connectivity index (χ1) is 10.9. The topological polar surface area (TPSA) is 50.8 Å². The van der Waals surface area contributed by atoms with Crippen LogP contribution in [0.5, 0.6) is 5.75 Å². The van der Waals surface area contributed by atoms with Crippen molar-refractivity contribution in [3.8, 4) is 5.75 Å². The van der Waals surface area contributed by atoms with E-state index in [-0.39, 0.29) is 23.6 Å². The Kier molecular flexibility index (Phi) is 5.70. The van der Waals surface area contributed by atoms with E-state index in [1.54, 1.807) is 4.90 Å². The highest BCUT2D eigenvalue weighted by molar-refractivity contribution is 5.91. The van der Waals surface area contributed by atoms with Crippen molar-refractivity contribution in [2.75, 3.05) is 25.1 Å². The summed E-state index contributed by atoms with van der Waals surface area (Å²) in [5.74, 6) is -0.770. The van der Waals surface area contributed by atoms with E-state index in [1.807, 2.05) is 13.8 Å². The summed E-state index contributed by atoms with van der Waals surface area (Å²) in [5.41, 5.74) is 0.142. The van der Waals surface area contributed by atoms with Gasteiger partial charge in [0.25, 0.3) is 6.43 Å². The maximum atomic E-state index is 13.3. The van der Waals surface area contributed by atoms with E-state index in [1.165, 1.54) is 6.07 Å². The molecule has 1 N–H and O–H groups in total. The molecular formula is C15H19F3N2O3. The van der Waals surface area contributed by atoms with Gasteiger partial charge < -0.3 is 19.7 Å². The van der Waals surface area contributed by atoms with Crippen molar-refractivity contribution in [2.45, 2.75) is 32.4 Å². The van der Waals surface area contributed by atoms with Gasteiger partial charge in [-0.3, -0.25) is 0 Å². The zero-order chi connectivity index (χ0) is 17.0. The number of anilines is 1. The van der Waals surface area contributed by atoms with Gasteiger partial charge in [-0.05, 0) is 26.0 Å². The van der Waals surface area contributed by atoms with Gasteiger partial charge in [0.05, 0.1) is 24.4 Å². The number of ether oxygens (including phenoxy) is 2. The molecule has 1 aromatic carbocycles. The summed E-state index contributed by atoms with van der Waals surface area (Å²) in [6.45, 7) is 3.65. The fraction of sp³-hybridized carbons (Fsp3) is 0.533. The van der Waals surface area contributed by atoms with Crippen molar-refractivity contribution in [1.29, 1.82) is 0 Å². The molecule has 1 aromatic rings. The Morgan fingerprint density at radius 2 is 2.22 bits per heavy atom. The molecule has 5 nitrogen and oxygen atoms in total. The number of nitrogens with one attached hydrogen (secondary N) is 1. The van der Waals surface area contributed by atoms with Gasteiger partial charge in [-0.25, -0.2) is 18.0 Å². The first-order valence-corrected chi connectivity index (χ1v) is 7.28. The highest BCUT2D eigenvalue weighted by Gasteiger charge is 2.29. The van der Waals surface area contributed by atoms with Crippen LogP contribution >= 0.6 is 0 Å². The summed E-state index contributed by atoms with van der Waals surface area (Å²) in [6.07, 6.45) is -2.81. The SMILES string of the molecule is C[C@@H]1OCCN(C(=O)Nc2ccc(F)cc2OCC(F)F)[C@H]1C. The van der Waals surface area contributed by atoms with E-state index in [0.29, 0.717) is 13.2 Å². The summed E-state index contributed by atoms with van der Waals surface area (Å²) in [4.78, 5) is 13.9. The Bertz CT molecular complexity index is 557. The molecule has 1 aliphatic rings. The number of rotatable bonds is 4. The molecule has 1 heterocycles. The summed E-state index contributed by atoms with van der Waals surface area (Å²) >= 11 is 0. The standard InChI is InChI=1S/C15H19F3N2O3/c1-9-10(2)22-6-5-20(9)15(21)19-12-4-3-11(16)7-13(12)23-8-14(17)18/h3-4,7,9-10,14H,5-6,8H2,1-2H3,(H,19,21)/t9-,10-/m0/s1. The minimum Gasteiger partial charge on any atom is -0.485 e. The smallest absolute Gasteiger partial charge is 0.322 e. The Hall–Kier alpha value is -1.96. The molecule has 23 heavy (non-hydrogen) atoms. The van der Waals surface area contributed by atoms with Gasteiger partial charge in [0.15, 0.2) is 0 Å². The first kappa shape index (κ1) is 17.4. The van der Waals surface area contributed by atoms with Crippen molar-refractivity contribution in [2.24, 2.45) is 0 Å². The molecule has 0 radical (unpaired) electrons. The fourth-order valence-corrected chi connectivity index (χ4v) is 2.28. The summed E-state index contributed by atoms with van der Waals surface area (Å²) in [5, 5.41) is 2.58. The van der Waals surface area contributed by atoms with E-state index in [2.05, 4.69) is 5.32 Å². The minimum absolute atomic E-state index is 0.114. The molecule has 0 aromatic heterocycles. The third-order valence-corrected chi connectivity index (χ3v) is 3.69. The second-order valence-corrected chi connectivity index (χ2v) is 5.28. The maximum absolute atomic E-state index is 13.3. The Morgan fingerprint density at radius 3 is 2.91 bits per heavy atom. The molecule has 2 rings (SSSR count). The van der Waals surface area contributed by atoms with Crippen LogP contribution in [0, 0.1) is 5.82 Å². The van der Waals surface area contributed by atoms with E-state index in [4.69, 9.17) is 9.47 Å². The molecule has 1 saturated heterocycles. The van der Waals surface area contributed by atoms with Crippen LogP contribution in [0.15, 0.2) is 18.2 Å². The number of alkyl halides is 2. The van der Waals surface area contributed by atoms with Crippen LogP contribution < -0.4 is 10.1 Å².